The molecule has 20 heavy (non-hydrogen) atoms. The summed E-state index contributed by atoms with van der Waals surface area (Å²) in [5.41, 5.74) is 2.07. The number of carbonyl (C=O) groups is 1. The molecule has 1 fully saturated rings. The van der Waals surface area contributed by atoms with Gasteiger partial charge in [-0.2, -0.15) is 5.10 Å². The van der Waals surface area contributed by atoms with E-state index >= 15 is 0 Å². The van der Waals surface area contributed by atoms with Gasteiger partial charge in [-0.1, -0.05) is 0 Å². The van der Waals surface area contributed by atoms with Crippen molar-refractivity contribution in [3.05, 3.63) is 35.8 Å². The van der Waals surface area contributed by atoms with Gasteiger partial charge in [-0.25, -0.2) is 4.98 Å². The summed E-state index contributed by atoms with van der Waals surface area (Å²) in [4.78, 5) is 18.9. The molecule has 0 aliphatic carbocycles. The van der Waals surface area contributed by atoms with E-state index < -0.39 is 0 Å². The lowest BCUT2D eigenvalue weighted by Crippen LogP contribution is -2.22. The first-order valence-corrected chi connectivity index (χ1v) is 6.77. The van der Waals surface area contributed by atoms with E-state index in [2.05, 4.69) is 25.4 Å². The average molecular weight is 271 g/mol. The maximum absolute atomic E-state index is 12.2. The first-order valence-electron chi connectivity index (χ1n) is 6.77. The highest BCUT2D eigenvalue weighted by atomic mass is 16.1. The molecule has 2 aromatic heterocycles. The van der Waals surface area contributed by atoms with Crippen LogP contribution in [-0.2, 0) is 0 Å². The third-order valence-electron chi connectivity index (χ3n) is 3.52. The molecule has 1 aliphatic heterocycles. The summed E-state index contributed by atoms with van der Waals surface area (Å²) in [6, 6.07) is 3.71. The van der Waals surface area contributed by atoms with Gasteiger partial charge < -0.3 is 10.2 Å². The Bertz CT molecular complexity index is 616. The fraction of sp³-hybridized carbons (Fsp3) is 0.357. The van der Waals surface area contributed by atoms with Crippen LogP contribution in [0.25, 0.3) is 0 Å². The number of amides is 1. The monoisotopic (exact) mass is 271 g/mol. The smallest absolute Gasteiger partial charge is 0.259 e. The molecule has 0 spiro atoms. The van der Waals surface area contributed by atoms with Crippen molar-refractivity contribution in [3.63, 3.8) is 0 Å². The Morgan fingerprint density at radius 1 is 1.40 bits per heavy atom. The Balaban J connectivity index is 1.84. The molecule has 1 saturated heterocycles. The van der Waals surface area contributed by atoms with Crippen LogP contribution in [0.15, 0.2) is 24.5 Å². The van der Waals surface area contributed by atoms with Crippen molar-refractivity contribution in [2.75, 3.05) is 23.3 Å². The van der Waals surface area contributed by atoms with Crippen LogP contribution in [0.5, 0.6) is 0 Å². The average Bonchev–Trinajstić information content (AvgIpc) is 3.10. The van der Waals surface area contributed by atoms with Crippen LogP contribution in [0.1, 0.15) is 28.9 Å². The highest BCUT2D eigenvalue weighted by Gasteiger charge is 2.19. The van der Waals surface area contributed by atoms with E-state index in [9.17, 15) is 4.79 Å². The number of anilines is 2. The number of H-pyrrole nitrogens is 1. The van der Waals surface area contributed by atoms with Crippen molar-refractivity contribution in [2.24, 2.45) is 0 Å². The second-order valence-electron chi connectivity index (χ2n) is 4.93. The standard InChI is InChI=1S/C14H17N5O/c1-10-11(9-16-18-10)14(20)17-12-5-4-6-15-13(12)19-7-2-3-8-19/h4-6,9H,2-3,7-8H2,1H3,(H,16,18)(H,17,20). The molecule has 0 unspecified atom stereocenters. The molecule has 2 aromatic rings. The normalized spacial score (nSPS) is 14.6. The quantitative estimate of drug-likeness (QED) is 0.895. The topological polar surface area (TPSA) is 73.9 Å². The summed E-state index contributed by atoms with van der Waals surface area (Å²) in [7, 11) is 0. The van der Waals surface area contributed by atoms with E-state index in [1.807, 2.05) is 19.1 Å². The molecule has 0 atom stereocenters. The fourth-order valence-corrected chi connectivity index (χ4v) is 2.44. The summed E-state index contributed by atoms with van der Waals surface area (Å²) < 4.78 is 0. The van der Waals surface area contributed by atoms with E-state index in [-0.39, 0.29) is 5.91 Å². The van der Waals surface area contributed by atoms with Gasteiger partial charge in [0.2, 0.25) is 0 Å². The predicted octanol–water partition coefficient (Wildman–Crippen LogP) is 1.97. The molecule has 1 aliphatic rings. The first kappa shape index (κ1) is 12.7. The van der Waals surface area contributed by atoms with Gasteiger partial charge in [-0.3, -0.25) is 9.89 Å². The summed E-state index contributed by atoms with van der Waals surface area (Å²) in [6.45, 7) is 3.81. The summed E-state index contributed by atoms with van der Waals surface area (Å²) in [5, 5.41) is 9.57. The van der Waals surface area contributed by atoms with Crippen LogP contribution in [0.3, 0.4) is 0 Å². The molecule has 3 rings (SSSR count). The van der Waals surface area contributed by atoms with Crippen molar-refractivity contribution in [1.29, 1.82) is 0 Å². The summed E-state index contributed by atoms with van der Waals surface area (Å²) >= 11 is 0. The van der Waals surface area contributed by atoms with E-state index in [1.54, 1.807) is 6.20 Å². The van der Waals surface area contributed by atoms with E-state index in [0.29, 0.717) is 5.56 Å². The van der Waals surface area contributed by atoms with Crippen LogP contribution in [0.2, 0.25) is 0 Å². The first-order chi connectivity index (χ1) is 9.75. The summed E-state index contributed by atoms with van der Waals surface area (Å²) in [6.07, 6.45) is 5.64. The SMILES string of the molecule is Cc1[nH]ncc1C(=O)Nc1cccnc1N1CCCC1. The minimum atomic E-state index is -0.162. The van der Waals surface area contributed by atoms with Gasteiger partial charge in [-0.05, 0) is 31.9 Å². The summed E-state index contributed by atoms with van der Waals surface area (Å²) in [5.74, 6) is 0.684. The van der Waals surface area contributed by atoms with Crippen LogP contribution < -0.4 is 10.2 Å². The molecule has 6 nitrogen and oxygen atoms in total. The Hall–Kier alpha value is -2.37. The Labute approximate surface area is 117 Å². The lowest BCUT2D eigenvalue weighted by molar-refractivity contribution is 0.102. The maximum atomic E-state index is 12.2. The fourth-order valence-electron chi connectivity index (χ4n) is 2.44. The Kier molecular flexibility index (Phi) is 3.37. The van der Waals surface area contributed by atoms with Crippen molar-refractivity contribution in [1.82, 2.24) is 15.2 Å². The molecule has 0 aromatic carbocycles. The number of nitrogens with zero attached hydrogens (tertiary/aromatic N) is 3. The van der Waals surface area contributed by atoms with Crippen LogP contribution in [-0.4, -0.2) is 34.2 Å². The zero-order valence-corrected chi connectivity index (χ0v) is 11.4. The van der Waals surface area contributed by atoms with E-state index in [1.165, 1.54) is 19.0 Å². The lowest BCUT2D eigenvalue weighted by atomic mass is 10.2. The number of aromatic nitrogens is 3. The van der Waals surface area contributed by atoms with Gasteiger partial charge in [0.15, 0.2) is 5.82 Å². The van der Waals surface area contributed by atoms with Gasteiger partial charge >= 0.3 is 0 Å². The van der Waals surface area contributed by atoms with Crippen LogP contribution in [0, 0.1) is 6.92 Å². The predicted molar refractivity (Wildman–Crippen MR) is 77.0 cm³/mol. The number of aromatic amines is 1. The third kappa shape index (κ3) is 2.36. The maximum Gasteiger partial charge on any atom is 0.259 e. The van der Waals surface area contributed by atoms with E-state index in [4.69, 9.17) is 0 Å². The number of carbonyl (C=O) groups excluding carboxylic acids is 1. The highest BCUT2D eigenvalue weighted by Crippen LogP contribution is 2.26. The lowest BCUT2D eigenvalue weighted by Gasteiger charge is -2.19. The Morgan fingerprint density at radius 3 is 2.90 bits per heavy atom. The largest absolute Gasteiger partial charge is 0.355 e. The molecule has 2 N–H and O–H groups in total. The number of hydrogen-bond donors (Lipinski definition) is 2. The number of pyridine rings is 1. The van der Waals surface area contributed by atoms with Crippen molar-refractivity contribution >= 4 is 17.4 Å². The molecule has 1 amide bonds. The number of nitrogens with one attached hydrogen (secondary N) is 2. The van der Waals surface area contributed by atoms with E-state index in [0.717, 1.165) is 30.3 Å². The number of hydrogen-bond acceptors (Lipinski definition) is 4. The van der Waals surface area contributed by atoms with Crippen LogP contribution in [0.4, 0.5) is 11.5 Å². The third-order valence-corrected chi connectivity index (χ3v) is 3.52. The zero-order valence-electron chi connectivity index (χ0n) is 11.4. The van der Waals surface area contributed by atoms with Crippen molar-refractivity contribution in [2.45, 2.75) is 19.8 Å². The van der Waals surface area contributed by atoms with Gasteiger partial charge in [-0.15, -0.1) is 0 Å². The van der Waals surface area contributed by atoms with Gasteiger partial charge in [0.05, 0.1) is 17.4 Å². The molecule has 0 saturated carbocycles. The Morgan fingerprint density at radius 2 is 2.20 bits per heavy atom. The molecule has 3 heterocycles. The van der Waals surface area contributed by atoms with Crippen molar-refractivity contribution < 1.29 is 4.79 Å². The molecule has 0 bridgehead atoms. The van der Waals surface area contributed by atoms with Gasteiger partial charge in [0.1, 0.15) is 0 Å². The molecule has 104 valence electrons. The van der Waals surface area contributed by atoms with Gasteiger partial charge in [0, 0.05) is 25.0 Å². The molecular weight excluding hydrogens is 254 g/mol. The second-order valence-corrected chi connectivity index (χ2v) is 4.93. The molecule has 6 heteroatoms. The highest BCUT2D eigenvalue weighted by molar-refractivity contribution is 6.06. The molecule has 0 radical (unpaired) electrons. The minimum Gasteiger partial charge on any atom is -0.355 e. The second kappa shape index (κ2) is 5.32. The minimum absolute atomic E-state index is 0.162. The number of rotatable bonds is 3. The number of aryl methyl sites for hydroxylation is 1. The van der Waals surface area contributed by atoms with Crippen LogP contribution >= 0.6 is 0 Å². The molecular formula is C14H17N5O. The zero-order chi connectivity index (χ0) is 13.9. The van der Waals surface area contributed by atoms with Gasteiger partial charge in [0.25, 0.3) is 5.91 Å². The van der Waals surface area contributed by atoms with Crippen molar-refractivity contribution in [3.8, 4) is 0 Å².